The Morgan fingerprint density at radius 2 is 1.02 bits per heavy atom. The smallest absolute Gasteiger partial charge is 0.223 e. The second-order valence-corrected chi connectivity index (χ2v) is 15.9. The van der Waals surface area contributed by atoms with Crippen LogP contribution in [0, 0.1) is 11.8 Å². The van der Waals surface area contributed by atoms with E-state index in [9.17, 15) is 19.2 Å². The number of amides is 2. The third-order valence-electron chi connectivity index (χ3n) is 11.0. The first-order valence-electron chi connectivity index (χ1n) is 19.4. The second kappa shape index (κ2) is 20.4. The quantitative estimate of drug-likeness (QED) is 0.100. The third-order valence-corrected chi connectivity index (χ3v) is 11.5. The molecule has 12 heteroatoms. The number of benzene rings is 2. The van der Waals surface area contributed by atoms with Crippen molar-refractivity contribution in [3.8, 4) is 0 Å². The van der Waals surface area contributed by atoms with Crippen LogP contribution in [0.25, 0.3) is 0 Å². The molecule has 2 aromatic carbocycles. The molecule has 6 rings (SSSR count). The number of nitrogen functional groups attached to an aromatic ring is 2. The van der Waals surface area contributed by atoms with Gasteiger partial charge in [0.25, 0.3) is 0 Å². The van der Waals surface area contributed by atoms with Crippen LogP contribution < -0.4 is 22.1 Å². The summed E-state index contributed by atoms with van der Waals surface area (Å²) in [5.41, 5.74) is 15.7. The van der Waals surface area contributed by atoms with E-state index >= 15 is 0 Å². The molecule has 2 heterocycles. The minimum absolute atomic E-state index is 0.0228. The number of hydrogen-bond donors (Lipinski definition) is 4. The molecule has 6 N–H and O–H groups in total. The highest BCUT2D eigenvalue weighted by Gasteiger charge is 2.33. The number of Topliss-reactive ketones (excluding diaryl/α,β-unsaturated/α-hetero) is 2. The van der Waals surface area contributed by atoms with Crippen molar-refractivity contribution < 1.29 is 19.2 Å². The number of nitrogens with one attached hydrogen (secondary N) is 2. The molecule has 0 bridgehead atoms. The number of pyridine rings is 2. The number of carbonyl (C=O) groups excluding carboxylic acids is 4. The highest BCUT2D eigenvalue weighted by atomic mass is 35.5. The van der Waals surface area contributed by atoms with Crippen LogP contribution in [-0.4, -0.2) is 45.4 Å². The molecular formula is C44H52Cl2N6O4. The molecule has 0 radical (unpaired) electrons. The molecule has 296 valence electrons. The first-order chi connectivity index (χ1) is 26.9. The van der Waals surface area contributed by atoms with Gasteiger partial charge in [-0.25, -0.2) is 9.97 Å². The first-order valence-corrected chi connectivity index (χ1v) is 20.2. The van der Waals surface area contributed by atoms with Crippen LogP contribution in [0.2, 0.25) is 10.0 Å². The van der Waals surface area contributed by atoms with Crippen LogP contribution in [0.5, 0.6) is 0 Å². The van der Waals surface area contributed by atoms with Crippen LogP contribution in [0.1, 0.15) is 99.3 Å². The van der Waals surface area contributed by atoms with Crippen molar-refractivity contribution in [1.82, 2.24) is 20.6 Å². The van der Waals surface area contributed by atoms with E-state index in [1.807, 2.05) is 36.4 Å². The Morgan fingerprint density at radius 3 is 1.39 bits per heavy atom. The largest absolute Gasteiger partial charge is 0.383 e. The van der Waals surface area contributed by atoms with Gasteiger partial charge in [-0.15, -0.1) is 0 Å². The highest BCUT2D eigenvalue weighted by molar-refractivity contribution is 6.30. The summed E-state index contributed by atoms with van der Waals surface area (Å²) in [6.07, 6.45) is 9.84. The standard InChI is InChI=1S/2C22H26ClN3O2/c2*1-14(20(27)10-9-17-12-19(23)13-25-21(17)24)26-22(28)18-8-7-16(11-18)15-5-3-2-4-6-15/h2*2-6,12-14,16,18H,7-11H2,1H3,(H2,24,25)(H,26,28)/t2*14-,16?,18+/m00/s1. The van der Waals surface area contributed by atoms with E-state index in [2.05, 4.69) is 44.9 Å². The molecular weight excluding hydrogens is 747 g/mol. The summed E-state index contributed by atoms with van der Waals surface area (Å²) >= 11 is 11.9. The van der Waals surface area contributed by atoms with Gasteiger partial charge < -0.3 is 22.1 Å². The number of nitrogens with two attached hydrogens (primary N) is 2. The Balaban J connectivity index is 0.000000214. The topological polar surface area (TPSA) is 170 Å². The fourth-order valence-electron chi connectivity index (χ4n) is 7.65. The van der Waals surface area contributed by atoms with Gasteiger partial charge in [0.15, 0.2) is 11.6 Å². The number of nitrogens with zero attached hydrogens (tertiary/aromatic N) is 2. The number of ketones is 2. The maximum Gasteiger partial charge on any atom is 0.223 e. The van der Waals surface area contributed by atoms with Gasteiger partial charge in [0.1, 0.15) is 11.6 Å². The van der Waals surface area contributed by atoms with Gasteiger partial charge in [0.05, 0.1) is 22.1 Å². The van der Waals surface area contributed by atoms with Gasteiger partial charge in [0, 0.05) is 37.1 Å². The zero-order valence-electron chi connectivity index (χ0n) is 32.1. The second-order valence-electron chi connectivity index (χ2n) is 15.0. The van der Waals surface area contributed by atoms with Gasteiger partial charge in [-0.1, -0.05) is 83.9 Å². The summed E-state index contributed by atoms with van der Waals surface area (Å²) in [7, 11) is 0. The Kier molecular flexibility index (Phi) is 15.4. The fraction of sp³-hybridized carbons (Fsp3) is 0.409. The summed E-state index contributed by atoms with van der Waals surface area (Å²) in [6, 6.07) is 23.0. The van der Waals surface area contributed by atoms with Crippen molar-refractivity contribution in [3.05, 3.63) is 117 Å². The lowest BCUT2D eigenvalue weighted by Gasteiger charge is -2.17. The molecule has 2 amide bonds. The van der Waals surface area contributed by atoms with Gasteiger partial charge >= 0.3 is 0 Å². The van der Waals surface area contributed by atoms with Gasteiger partial charge in [-0.05, 0) is 111 Å². The zero-order chi connectivity index (χ0) is 40.2. The minimum Gasteiger partial charge on any atom is -0.383 e. The lowest BCUT2D eigenvalue weighted by atomic mass is 9.96. The summed E-state index contributed by atoms with van der Waals surface area (Å²) in [4.78, 5) is 58.1. The van der Waals surface area contributed by atoms with E-state index in [-0.39, 0.29) is 48.1 Å². The normalized spacial score (nSPS) is 19.9. The van der Waals surface area contributed by atoms with E-state index in [1.54, 1.807) is 26.0 Å². The third kappa shape index (κ3) is 12.1. The maximum atomic E-state index is 12.6. The molecule has 0 spiro atoms. The van der Waals surface area contributed by atoms with E-state index in [1.165, 1.54) is 23.5 Å². The lowest BCUT2D eigenvalue weighted by Crippen LogP contribution is -2.41. The Labute approximate surface area is 339 Å². The summed E-state index contributed by atoms with van der Waals surface area (Å²) in [6.45, 7) is 3.48. The Morgan fingerprint density at radius 1 is 0.643 bits per heavy atom. The zero-order valence-corrected chi connectivity index (χ0v) is 33.6. The van der Waals surface area contributed by atoms with E-state index in [4.69, 9.17) is 34.7 Å². The number of rotatable bonds is 14. The number of halogens is 2. The van der Waals surface area contributed by atoms with Crippen LogP contribution >= 0.6 is 23.2 Å². The SMILES string of the molecule is C[C@H](NC(=O)[C@@H]1CCC(c2ccccc2)C1)C(=O)CCc1cc(Cl)cnc1N.C[C@H](NC(=O)[C@@H]1CCC(c2ccccc2)C1)C(=O)CCc1cc(Cl)cnc1N. The predicted octanol–water partition coefficient (Wildman–Crippen LogP) is 7.82. The van der Waals surface area contributed by atoms with Gasteiger partial charge in [-0.3, -0.25) is 19.2 Å². The number of anilines is 2. The number of hydrogen-bond acceptors (Lipinski definition) is 8. The summed E-state index contributed by atoms with van der Waals surface area (Å²) < 4.78 is 0. The predicted molar refractivity (Wildman–Crippen MR) is 222 cm³/mol. The van der Waals surface area contributed by atoms with Crippen molar-refractivity contribution in [1.29, 1.82) is 0 Å². The summed E-state index contributed by atoms with van der Waals surface area (Å²) in [5.74, 6) is 1.43. The molecule has 10 nitrogen and oxygen atoms in total. The molecule has 6 atom stereocenters. The molecule has 56 heavy (non-hydrogen) atoms. The maximum absolute atomic E-state index is 12.6. The highest BCUT2D eigenvalue weighted by Crippen LogP contribution is 2.39. The number of aromatic nitrogens is 2. The van der Waals surface area contributed by atoms with E-state index < -0.39 is 12.1 Å². The average molecular weight is 800 g/mol. The number of carbonyl (C=O) groups is 4. The van der Waals surface area contributed by atoms with Gasteiger partial charge in [0.2, 0.25) is 11.8 Å². The van der Waals surface area contributed by atoms with Crippen molar-refractivity contribution in [2.75, 3.05) is 11.5 Å². The molecule has 4 aromatic rings. The Hall–Kier alpha value is -4.80. The first kappa shape index (κ1) is 42.3. The molecule has 2 aromatic heterocycles. The molecule has 2 fully saturated rings. The van der Waals surface area contributed by atoms with Crippen LogP contribution in [0.3, 0.4) is 0 Å². The van der Waals surface area contributed by atoms with Crippen LogP contribution in [0.15, 0.2) is 85.2 Å². The van der Waals surface area contributed by atoms with Crippen molar-refractivity contribution in [3.63, 3.8) is 0 Å². The van der Waals surface area contributed by atoms with Crippen molar-refractivity contribution >= 4 is 58.2 Å². The molecule has 2 unspecified atom stereocenters. The molecule has 0 aliphatic heterocycles. The monoisotopic (exact) mass is 798 g/mol. The summed E-state index contributed by atoms with van der Waals surface area (Å²) in [5, 5.41) is 6.77. The lowest BCUT2D eigenvalue weighted by molar-refractivity contribution is -0.129. The minimum atomic E-state index is -0.517. The van der Waals surface area contributed by atoms with Crippen molar-refractivity contribution in [2.45, 2.75) is 102 Å². The van der Waals surface area contributed by atoms with Gasteiger partial charge in [-0.2, -0.15) is 0 Å². The van der Waals surface area contributed by atoms with Crippen LogP contribution in [-0.2, 0) is 32.0 Å². The Bertz CT molecular complexity index is 1820. The molecule has 2 saturated carbocycles. The fourth-order valence-corrected chi connectivity index (χ4v) is 8.01. The average Bonchev–Trinajstić information content (AvgIpc) is 3.91. The van der Waals surface area contributed by atoms with E-state index in [0.29, 0.717) is 46.4 Å². The van der Waals surface area contributed by atoms with Crippen LogP contribution in [0.4, 0.5) is 11.6 Å². The van der Waals surface area contributed by atoms with E-state index in [0.717, 1.165) is 49.7 Å². The molecule has 2 aliphatic carbocycles. The number of aryl methyl sites for hydroxylation is 2. The van der Waals surface area contributed by atoms with Crippen molar-refractivity contribution in [2.24, 2.45) is 11.8 Å². The molecule has 0 saturated heterocycles. The molecule has 2 aliphatic rings.